The lowest BCUT2D eigenvalue weighted by molar-refractivity contribution is 0.322. The van der Waals surface area contributed by atoms with Crippen molar-refractivity contribution >= 4 is 18.6 Å². The summed E-state index contributed by atoms with van der Waals surface area (Å²) in [5.41, 5.74) is 0.903. The SMILES string of the molecule is Cl.ON=Cc1ccccc1. The molecule has 1 aromatic rings. The maximum atomic E-state index is 8.09. The average molecular weight is 158 g/mol. The van der Waals surface area contributed by atoms with Crippen LogP contribution in [0.5, 0.6) is 0 Å². The Labute approximate surface area is 65.6 Å². The molecule has 0 aliphatic heterocycles. The van der Waals surface area contributed by atoms with Gasteiger partial charge in [0.05, 0.1) is 6.21 Å². The van der Waals surface area contributed by atoms with Crippen LogP contribution < -0.4 is 0 Å². The van der Waals surface area contributed by atoms with Crippen LogP contribution in [0.2, 0.25) is 0 Å². The summed E-state index contributed by atoms with van der Waals surface area (Å²) in [6, 6.07) is 9.40. The number of benzene rings is 1. The standard InChI is InChI=1S/C7H7NO.ClH/c9-8-6-7-4-2-1-3-5-7;/h1-6,9H;1H. The van der Waals surface area contributed by atoms with E-state index < -0.39 is 0 Å². The van der Waals surface area contributed by atoms with E-state index >= 15 is 0 Å². The van der Waals surface area contributed by atoms with E-state index in [1.165, 1.54) is 6.21 Å². The summed E-state index contributed by atoms with van der Waals surface area (Å²) in [6.45, 7) is 0. The van der Waals surface area contributed by atoms with Crippen molar-refractivity contribution in [1.29, 1.82) is 0 Å². The smallest absolute Gasteiger partial charge is 0.0733 e. The minimum absolute atomic E-state index is 0. The second-order valence-electron chi connectivity index (χ2n) is 1.66. The Balaban J connectivity index is 0.000000810. The Morgan fingerprint density at radius 3 is 2.30 bits per heavy atom. The van der Waals surface area contributed by atoms with Crippen LogP contribution in [0.15, 0.2) is 35.5 Å². The molecule has 0 amide bonds. The molecule has 0 fully saturated rings. The van der Waals surface area contributed by atoms with Gasteiger partial charge in [0, 0.05) is 0 Å². The Morgan fingerprint density at radius 1 is 1.20 bits per heavy atom. The summed E-state index contributed by atoms with van der Waals surface area (Å²) in [5.74, 6) is 0. The van der Waals surface area contributed by atoms with E-state index in [2.05, 4.69) is 5.16 Å². The van der Waals surface area contributed by atoms with Crippen molar-refractivity contribution in [2.75, 3.05) is 0 Å². The Kier molecular flexibility index (Phi) is 4.33. The average Bonchev–Trinajstić information content (AvgIpc) is 1.91. The molecule has 0 atom stereocenters. The molecule has 1 rings (SSSR count). The lowest BCUT2D eigenvalue weighted by atomic mass is 10.2. The van der Waals surface area contributed by atoms with Crippen LogP contribution in [0, 0.1) is 0 Å². The fraction of sp³-hybridized carbons (Fsp3) is 0. The summed E-state index contributed by atoms with van der Waals surface area (Å²) >= 11 is 0. The monoisotopic (exact) mass is 157 g/mol. The molecule has 0 aromatic heterocycles. The second kappa shape index (κ2) is 4.82. The predicted molar refractivity (Wildman–Crippen MR) is 43.1 cm³/mol. The highest BCUT2D eigenvalue weighted by Crippen LogP contribution is 1.92. The highest BCUT2D eigenvalue weighted by Gasteiger charge is 1.79. The second-order valence-corrected chi connectivity index (χ2v) is 1.66. The number of hydrogen-bond acceptors (Lipinski definition) is 2. The van der Waals surface area contributed by atoms with E-state index in [9.17, 15) is 0 Å². The van der Waals surface area contributed by atoms with E-state index in [0.29, 0.717) is 0 Å². The van der Waals surface area contributed by atoms with E-state index in [1.54, 1.807) is 0 Å². The van der Waals surface area contributed by atoms with Crippen molar-refractivity contribution in [3.63, 3.8) is 0 Å². The van der Waals surface area contributed by atoms with Gasteiger partial charge in [-0.15, -0.1) is 12.4 Å². The van der Waals surface area contributed by atoms with Crippen molar-refractivity contribution in [2.45, 2.75) is 0 Å². The van der Waals surface area contributed by atoms with Gasteiger partial charge in [-0.25, -0.2) is 0 Å². The molecule has 0 aliphatic carbocycles. The van der Waals surface area contributed by atoms with Gasteiger partial charge in [-0.1, -0.05) is 35.5 Å². The quantitative estimate of drug-likeness (QED) is 0.377. The first-order valence-corrected chi connectivity index (χ1v) is 2.66. The predicted octanol–water partition coefficient (Wildman–Crippen LogP) is 1.92. The van der Waals surface area contributed by atoms with Crippen LogP contribution in [0.4, 0.5) is 0 Å². The van der Waals surface area contributed by atoms with Gasteiger partial charge in [0.1, 0.15) is 0 Å². The number of oxime groups is 1. The highest BCUT2D eigenvalue weighted by atomic mass is 35.5. The van der Waals surface area contributed by atoms with Gasteiger partial charge in [-0.2, -0.15) is 0 Å². The first kappa shape index (κ1) is 8.98. The van der Waals surface area contributed by atoms with Gasteiger partial charge < -0.3 is 5.21 Å². The molecule has 1 aromatic carbocycles. The normalized spacial score (nSPS) is 9.20. The lowest BCUT2D eigenvalue weighted by Crippen LogP contribution is -1.76. The molecule has 3 heteroatoms. The molecule has 0 unspecified atom stereocenters. The van der Waals surface area contributed by atoms with Crippen molar-refractivity contribution in [2.24, 2.45) is 5.16 Å². The Bertz CT molecular complexity index is 198. The molecule has 0 radical (unpaired) electrons. The van der Waals surface area contributed by atoms with Crippen molar-refractivity contribution in [1.82, 2.24) is 0 Å². The molecule has 0 spiro atoms. The molecule has 54 valence electrons. The number of halogens is 1. The van der Waals surface area contributed by atoms with E-state index in [0.717, 1.165) is 5.56 Å². The molecule has 0 saturated heterocycles. The van der Waals surface area contributed by atoms with Crippen LogP contribution in [0.25, 0.3) is 0 Å². The molecular weight excluding hydrogens is 150 g/mol. The third kappa shape index (κ3) is 2.51. The topological polar surface area (TPSA) is 32.6 Å². The lowest BCUT2D eigenvalue weighted by Gasteiger charge is -1.85. The van der Waals surface area contributed by atoms with Gasteiger partial charge in [-0.3, -0.25) is 0 Å². The van der Waals surface area contributed by atoms with Gasteiger partial charge in [0.25, 0.3) is 0 Å². The first-order chi connectivity index (χ1) is 4.43. The molecule has 1 N–H and O–H groups in total. The molecule has 0 heterocycles. The summed E-state index contributed by atoms with van der Waals surface area (Å²) in [6.07, 6.45) is 1.39. The maximum Gasteiger partial charge on any atom is 0.0733 e. The number of hydrogen-bond donors (Lipinski definition) is 1. The fourth-order valence-corrected chi connectivity index (χ4v) is 0.606. The Morgan fingerprint density at radius 2 is 1.80 bits per heavy atom. The highest BCUT2D eigenvalue weighted by molar-refractivity contribution is 5.85. The van der Waals surface area contributed by atoms with Gasteiger partial charge in [0.2, 0.25) is 0 Å². The number of rotatable bonds is 1. The molecule has 10 heavy (non-hydrogen) atoms. The summed E-state index contributed by atoms with van der Waals surface area (Å²) < 4.78 is 0. The zero-order valence-corrected chi connectivity index (χ0v) is 6.08. The van der Waals surface area contributed by atoms with Crippen molar-refractivity contribution in [3.05, 3.63) is 35.9 Å². The van der Waals surface area contributed by atoms with Crippen LogP contribution in [-0.4, -0.2) is 11.4 Å². The van der Waals surface area contributed by atoms with Gasteiger partial charge in [-0.05, 0) is 5.56 Å². The van der Waals surface area contributed by atoms with Crippen molar-refractivity contribution < 1.29 is 5.21 Å². The molecule has 0 saturated carbocycles. The zero-order valence-electron chi connectivity index (χ0n) is 5.27. The largest absolute Gasteiger partial charge is 0.411 e. The molecule has 2 nitrogen and oxygen atoms in total. The fourth-order valence-electron chi connectivity index (χ4n) is 0.606. The van der Waals surface area contributed by atoms with E-state index in [-0.39, 0.29) is 12.4 Å². The van der Waals surface area contributed by atoms with Crippen LogP contribution >= 0.6 is 12.4 Å². The molecule has 0 aliphatic rings. The summed E-state index contributed by atoms with van der Waals surface area (Å²) in [4.78, 5) is 0. The van der Waals surface area contributed by atoms with E-state index in [4.69, 9.17) is 5.21 Å². The third-order valence-corrected chi connectivity index (χ3v) is 1.01. The minimum atomic E-state index is 0. The van der Waals surface area contributed by atoms with Gasteiger partial charge >= 0.3 is 0 Å². The summed E-state index contributed by atoms with van der Waals surface area (Å²) in [7, 11) is 0. The summed E-state index contributed by atoms with van der Waals surface area (Å²) in [5, 5.41) is 11.0. The first-order valence-electron chi connectivity index (χ1n) is 2.66. The van der Waals surface area contributed by atoms with Crippen LogP contribution in [0.3, 0.4) is 0 Å². The molecule has 0 bridgehead atoms. The zero-order chi connectivity index (χ0) is 6.53. The third-order valence-electron chi connectivity index (χ3n) is 1.01. The van der Waals surface area contributed by atoms with E-state index in [1.807, 2.05) is 30.3 Å². The maximum absolute atomic E-state index is 8.09. The molecular formula is C7H8ClNO. The van der Waals surface area contributed by atoms with Gasteiger partial charge in [0.15, 0.2) is 0 Å². The van der Waals surface area contributed by atoms with Crippen molar-refractivity contribution in [3.8, 4) is 0 Å². The van der Waals surface area contributed by atoms with Crippen LogP contribution in [0.1, 0.15) is 5.56 Å². The minimum Gasteiger partial charge on any atom is -0.411 e. The van der Waals surface area contributed by atoms with Crippen LogP contribution in [-0.2, 0) is 0 Å². The number of nitrogens with zero attached hydrogens (tertiary/aromatic N) is 1. The Hall–Kier alpha value is -1.02.